The molecule has 0 aromatic heterocycles. The molecule has 0 aliphatic rings. The Kier molecular flexibility index (Phi) is 6.42. The van der Waals surface area contributed by atoms with Gasteiger partial charge in [-0.3, -0.25) is 4.79 Å². The molecule has 0 saturated carbocycles. The van der Waals surface area contributed by atoms with Gasteiger partial charge in [0, 0.05) is 13.0 Å². The molecule has 0 atom stereocenters. The number of unbranched alkanes of at least 4 members (excludes halogenated alkanes) is 2. The van der Waals surface area contributed by atoms with Crippen molar-refractivity contribution < 1.29 is 9.53 Å². The Hall–Kier alpha value is -1.95. The van der Waals surface area contributed by atoms with Crippen LogP contribution >= 0.6 is 0 Å². The van der Waals surface area contributed by atoms with Gasteiger partial charge in [0.1, 0.15) is 5.75 Å². The molecule has 0 radical (unpaired) electrons. The van der Waals surface area contributed by atoms with Gasteiger partial charge in [0.15, 0.2) is 0 Å². The third-order valence-corrected chi connectivity index (χ3v) is 2.57. The molecule has 1 amide bonds. The van der Waals surface area contributed by atoms with Crippen molar-refractivity contribution in [2.24, 2.45) is 0 Å². The van der Waals surface area contributed by atoms with Gasteiger partial charge in [0.2, 0.25) is 5.91 Å². The predicted molar refractivity (Wildman–Crippen MR) is 72.4 cm³/mol. The number of carbonyl (C=O) groups excluding carboxylic acids is 1. The summed E-state index contributed by atoms with van der Waals surface area (Å²) >= 11 is 0. The van der Waals surface area contributed by atoms with E-state index < -0.39 is 0 Å². The number of methoxy groups -OCH3 is 1. The van der Waals surface area contributed by atoms with Crippen LogP contribution in [-0.2, 0) is 11.2 Å². The van der Waals surface area contributed by atoms with Crippen LogP contribution in [0.5, 0.6) is 5.75 Å². The van der Waals surface area contributed by atoms with Crippen LogP contribution in [0.3, 0.4) is 0 Å². The Labute approximate surface area is 109 Å². The van der Waals surface area contributed by atoms with Gasteiger partial charge in [0.25, 0.3) is 0 Å². The normalized spacial score (nSPS) is 9.56. The highest BCUT2D eigenvalue weighted by molar-refractivity contribution is 5.78. The smallest absolute Gasteiger partial charge is 0.224 e. The molecule has 1 rings (SSSR count). The molecule has 0 aliphatic heterocycles. The first kappa shape index (κ1) is 14.1. The fourth-order valence-electron chi connectivity index (χ4n) is 1.61. The molecule has 1 aromatic carbocycles. The molecule has 1 aromatic rings. The topological polar surface area (TPSA) is 38.3 Å². The molecule has 0 heterocycles. The van der Waals surface area contributed by atoms with E-state index >= 15 is 0 Å². The monoisotopic (exact) mass is 245 g/mol. The minimum atomic E-state index is 0.0314. The molecule has 0 fully saturated rings. The minimum absolute atomic E-state index is 0.0314. The number of terminal acetylenes is 1. The fourth-order valence-corrected chi connectivity index (χ4v) is 1.61. The van der Waals surface area contributed by atoms with Crippen LogP contribution in [0.2, 0.25) is 0 Å². The summed E-state index contributed by atoms with van der Waals surface area (Å²) in [7, 11) is 1.62. The lowest BCUT2D eigenvalue weighted by atomic mass is 10.1. The molecule has 18 heavy (non-hydrogen) atoms. The van der Waals surface area contributed by atoms with E-state index in [1.165, 1.54) is 0 Å². The second-order valence-corrected chi connectivity index (χ2v) is 4.04. The van der Waals surface area contributed by atoms with Crippen molar-refractivity contribution in [1.29, 1.82) is 0 Å². The second kappa shape index (κ2) is 8.19. The summed E-state index contributed by atoms with van der Waals surface area (Å²) in [5.74, 6) is 3.39. The van der Waals surface area contributed by atoms with Crippen molar-refractivity contribution in [3.63, 3.8) is 0 Å². The third kappa shape index (κ3) is 5.40. The first-order chi connectivity index (χ1) is 8.76. The van der Waals surface area contributed by atoms with E-state index in [9.17, 15) is 4.79 Å². The van der Waals surface area contributed by atoms with Crippen molar-refractivity contribution in [1.82, 2.24) is 5.32 Å². The molecular weight excluding hydrogens is 226 g/mol. The van der Waals surface area contributed by atoms with Crippen LogP contribution in [0, 0.1) is 12.3 Å². The molecule has 3 nitrogen and oxygen atoms in total. The molecule has 0 spiro atoms. The Morgan fingerprint density at radius 3 is 3.00 bits per heavy atom. The van der Waals surface area contributed by atoms with Gasteiger partial charge < -0.3 is 10.1 Å². The van der Waals surface area contributed by atoms with E-state index in [1.54, 1.807) is 7.11 Å². The number of hydrogen-bond acceptors (Lipinski definition) is 2. The van der Waals surface area contributed by atoms with Crippen LogP contribution in [0.1, 0.15) is 24.8 Å². The number of hydrogen-bond donors (Lipinski definition) is 1. The van der Waals surface area contributed by atoms with Gasteiger partial charge in [-0.15, -0.1) is 12.3 Å². The van der Waals surface area contributed by atoms with E-state index in [2.05, 4.69) is 11.2 Å². The Balaban J connectivity index is 2.29. The number of rotatable bonds is 7. The Morgan fingerprint density at radius 1 is 1.44 bits per heavy atom. The first-order valence-corrected chi connectivity index (χ1v) is 6.09. The third-order valence-electron chi connectivity index (χ3n) is 2.57. The summed E-state index contributed by atoms with van der Waals surface area (Å²) in [5, 5.41) is 2.88. The molecule has 0 bridgehead atoms. The zero-order chi connectivity index (χ0) is 13.2. The lowest BCUT2D eigenvalue weighted by molar-refractivity contribution is -0.120. The lowest BCUT2D eigenvalue weighted by Crippen LogP contribution is -2.26. The highest BCUT2D eigenvalue weighted by Crippen LogP contribution is 2.12. The molecule has 96 valence electrons. The SMILES string of the molecule is C#CCCCCNC(=O)Cc1cccc(OC)c1. The highest BCUT2D eigenvalue weighted by Gasteiger charge is 2.03. The predicted octanol–water partition coefficient (Wildman–Crippen LogP) is 2.16. The van der Waals surface area contributed by atoms with Crippen molar-refractivity contribution >= 4 is 5.91 Å². The minimum Gasteiger partial charge on any atom is -0.497 e. The molecule has 0 aliphatic carbocycles. The maximum absolute atomic E-state index is 11.7. The van der Waals surface area contributed by atoms with E-state index in [4.69, 9.17) is 11.2 Å². The first-order valence-electron chi connectivity index (χ1n) is 6.09. The molecule has 1 N–H and O–H groups in total. The zero-order valence-corrected chi connectivity index (χ0v) is 10.7. The second-order valence-electron chi connectivity index (χ2n) is 4.04. The lowest BCUT2D eigenvalue weighted by Gasteiger charge is -2.06. The van der Waals surface area contributed by atoms with Gasteiger partial charge in [-0.05, 0) is 30.5 Å². The molecule has 0 unspecified atom stereocenters. The van der Waals surface area contributed by atoms with Crippen LogP contribution in [0.25, 0.3) is 0 Å². The van der Waals surface area contributed by atoms with Gasteiger partial charge in [-0.1, -0.05) is 12.1 Å². The summed E-state index contributed by atoms with van der Waals surface area (Å²) < 4.78 is 5.11. The average Bonchev–Trinajstić information content (AvgIpc) is 2.38. The summed E-state index contributed by atoms with van der Waals surface area (Å²) in [5.41, 5.74) is 0.954. The standard InChI is InChI=1S/C15H19NO2/c1-3-4-5-6-10-16-15(17)12-13-8-7-9-14(11-13)18-2/h1,7-9,11H,4-6,10,12H2,2H3,(H,16,17). The fraction of sp³-hybridized carbons (Fsp3) is 0.400. The van der Waals surface area contributed by atoms with Gasteiger partial charge in [-0.25, -0.2) is 0 Å². The quantitative estimate of drug-likeness (QED) is 0.590. The Bertz CT molecular complexity index is 421. The largest absolute Gasteiger partial charge is 0.497 e. The van der Waals surface area contributed by atoms with Crippen LogP contribution in [0.4, 0.5) is 0 Å². The van der Waals surface area contributed by atoms with Crippen molar-refractivity contribution in [3.8, 4) is 18.1 Å². The van der Waals surface area contributed by atoms with Crippen molar-refractivity contribution in [2.75, 3.05) is 13.7 Å². The summed E-state index contributed by atoms with van der Waals surface area (Å²) in [6.45, 7) is 0.685. The van der Waals surface area contributed by atoms with Crippen LogP contribution < -0.4 is 10.1 Å². The van der Waals surface area contributed by atoms with Crippen molar-refractivity contribution in [2.45, 2.75) is 25.7 Å². The van der Waals surface area contributed by atoms with E-state index in [0.717, 1.165) is 30.6 Å². The number of amides is 1. The van der Waals surface area contributed by atoms with Crippen molar-refractivity contribution in [3.05, 3.63) is 29.8 Å². The molecule has 3 heteroatoms. The number of ether oxygens (including phenoxy) is 1. The van der Waals surface area contributed by atoms with Gasteiger partial charge in [0.05, 0.1) is 13.5 Å². The number of carbonyl (C=O) groups is 1. The zero-order valence-electron chi connectivity index (χ0n) is 10.7. The van der Waals surface area contributed by atoms with Crippen LogP contribution in [0.15, 0.2) is 24.3 Å². The average molecular weight is 245 g/mol. The number of nitrogens with one attached hydrogen (secondary N) is 1. The number of benzene rings is 1. The molecular formula is C15H19NO2. The maximum Gasteiger partial charge on any atom is 0.224 e. The summed E-state index contributed by atoms with van der Waals surface area (Å²) in [6, 6.07) is 7.54. The van der Waals surface area contributed by atoms with E-state index in [0.29, 0.717) is 13.0 Å². The highest BCUT2D eigenvalue weighted by atomic mass is 16.5. The van der Waals surface area contributed by atoms with E-state index in [-0.39, 0.29) is 5.91 Å². The van der Waals surface area contributed by atoms with Gasteiger partial charge in [-0.2, -0.15) is 0 Å². The van der Waals surface area contributed by atoms with Crippen LogP contribution in [-0.4, -0.2) is 19.6 Å². The van der Waals surface area contributed by atoms with E-state index in [1.807, 2.05) is 24.3 Å². The summed E-state index contributed by atoms with van der Waals surface area (Å²) in [4.78, 5) is 11.7. The summed E-state index contributed by atoms with van der Waals surface area (Å²) in [6.07, 6.45) is 8.18. The maximum atomic E-state index is 11.7. The Morgan fingerprint density at radius 2 is 2.28 bits per heavy atom. The molecule has 0 saturated heterocycles. The van der Waals surface area contributed by atoms with Gasteiger partial charge >= 0.3 is 0 Å².